The van der Waals surface area contributed by atoms with Gasteiger partial charge in [0.05, 0.1) is 18.2 Å². The molecule has 5 nitrogen and oxygen atoms in total. The third-order valence-corrected chi connectivity index (χ3v) is 5.94. The second-order valence-corrected chi connectivity index (χ2v) is 8.12. The van der Waals surface area contributed by atoms with Crippen LogP contribution in [-0.4, -0.2) is 29.9 Å². The molecule has 1 heterocycles. The van der Waals surface area contributed by atoms with Crippen LogP contribution >= 0.6 is 0 Å². The Morgan fingerprint density at radius 2 is 1.85 bits per heavy atom. The largest absolute Gasteiger partial charge is 0.494 e. The highest BCUT2D eigenvalue weighted by Gasteiger charge is 2.31. The molecule has 1 atom stereocenters. The summed E-state index contributed by atoms with van der Waals surface area (Å²) >= 11 is 0. The molecule has 33 heavy (non-hydrogen) atoms. The van der Waals surface area contributed by atoms with E-state index >= 15 is 0 Å². The summed E-state index contributed by atoms with van der Waals surface area (Å²) in [5, 5.41) is 2.75. The highest BCUT2D eigenvalue weighted by molar-refractivity contribution is 6.05. The van der Waals surface area contributed by atoms with Gasteiger partial charge in [-0.1, -0.05) is 30.3 Å². The number of rotatable bonds is 6. The first kappa shape index (κ1) is 22.5. The number of amides is 2. The fraction of sp³-hybridized carbons (Fsp3) is 0.259. The Hall–Kier alpha value is -3.67. The number of benzene rings is 3. The number of aryl methyl sites for hydroxylation is 1. The number of nitrogens with one attached hydrogen (secondary N) is 1. The lowest BCUT2D eigenvalue weighted by molar-refractivity contribution is 0.0735. The fourth-order valence-corrected chi connectivity index (χ4v) is 4.20. The van der Waals surface area contributed by atoms with Crippen LogP contribution in [-0.2, 0) is 0 Å². The van der Waals surface area contributed by atoms with Crippen LogP contribution in [0, 0.1) is 12.7 Å². The Labute approximate surface area is 193 Å². The average Bonchev–Trinajstić information content (AvgIpc) is 3.31. The zero-order valence-corrected chi connectivity index (χ0v) is 18.8. The maximum atomic E-state index is 14.0. The topological polar surface area (TPSA) is 58.6 Å². The minimum Gasteiger partial charge on any atom is -0.494 e. The summed E-state index contributed by atoms with van der Waals surface area (Å²) in [7, 11) is 0. The molecule has 170 valence electrons. The second kappa shape index (κ2) is 9.86. The first-order valence-electron chi connectivity index (χ1n) is 11.2. The van der Waals surface area contributed by atoms with E-state index in [4.69, 9.17) is 4.74 Å². The first-order valence-corrected chi connectivity index (χ1v) is 11.2. The smallest absolute Gasteiger partial charge is 0.258 e. The molecule has 6 heteroatoms. The Kier molecular flexibility index (Phi) is 6.73. The summed E-state index contributed by atoms with van der Waals surface area (Å²) in [5.41, 5.74) is 2.81. The van der Waals surface area contributed by atoms with Crippen molar-refractivity contribution in [2.24, 2.45) is 0 Å². The van der Waals surface area contributed by atoms with E-state index in [1.165, 1.54) is 18.2 Å². The maximum absolute atomic E-state index is 14.0. The molecule has 4 rings (SSSR count). The quantitative estimate of drug-likeness (QED) is 0.524. The number of halogens is 1. The number of nitrogens with zero attached hydrogens (tertiary/aromatic N) is 1. The van der Waals surface area contributed by atoms with Gasteiger partial charge in [-0.05, 0) is 74.2 Å². The van der Waals surface area contributed by atoms with E-state index in [9.17, 15) is 14.0 Å². The van der Waals surface area contributed by atoms with Crippen molar-refractivity contribution in [1.82, 2.24) is 4.90 Å². The summed E-state index contributed by atoms with van der Waals surface area (Å²) in [4.78, 5) is 27.9. The molecule has 1 aliphatic heterocycles. The zero-order chi connectivity index (χ0) is 23.4. The average molecular weight is 447 g/mol. The van der Waals surface area contributed by atoms with E-state index in [1.54, 1.807) is 24.3 Å². The van der Waals surface area contributed by atoms with Crippen molar-refractivity contribution >= 4 is 17.5 Å². The highest BCUT2D eigenvalue weighted by Crippen LogP contribution is 2.34. The van der Waals surface area contributed by atoms with Gasteiger partial charge in [0.1, 0.15) is 11.6 Å². The molecule has 0 bridgehead atoms. The minimum absolute atomic E-state index is 0.00839. The lowest BCUT2D eigenvalue weighted by Crippen LogP contribution is -2.30. The summed E-state index contributed by atoms with van der Waals surface area (Å²) < 4.78 is 19.5. The van der Waals surface area contributed by atoms with Crippen molar-refractivity contribution < 1.29 is 18.7 Å². The predicted octanol–water partition coefficient (Wildman–Crippen LogP) is 5.76. The standard InChI is InChI=1S/C27H27FN2O3/c1-3-33-21-14-12-19(13-15-21)25-9-6-16-30(25)27(32)20-11-10-18(2)24(17-20)29-26(31)22-7-4-5-8-23(22)28/h4-5,7-8,10-15,17,25H,3,6,9,16H2,1-2H3,(H,29,31). The fourth-order valence-electron chi connectivity index (χ4n) is 4.20. The number of carbonyl (C=O) groups excluding carboxylic acids is 2. The van der Waals surface area contributed by atoms with Gasteiger partial charge >= 0.3 is 0 Å². The van der Waals surface area contributed by atoms with Crippen LogP contribution in [0.5, 0.6) is 5.75 Å². The Morgan fingerprint density at radius 3 is 2.58 bits per heavy atom. The van der Waals surface area contributed by atoms with E-state index in [2.05, 4.69) is 5.32 Å². The van der Waals surface area contributed by atoms with Crippen LogP contribution in [0.1, 0.15) is 57.7 Å². The van der Waals surface area contributed by atoms with Gasteiger partial charge in [0.2, 0.25) is 0 Å². The molecule has 0 radical (unpaired) electrons. The van der Waals surface area contributed by atoms with Gasteiger partial charge in [-0.25, -0.2) is 4.39 Å². The number of ether oxygens (including phenoxy) is 1. The SMILES string of the molecule is CCOc1ccc(C2CCCN2C(=O)c2ccc(C)c(NC(=O)c3ccccc3F)c2)cc1. The molecule has 0 saturated carbocycles. The van der Waals surface area contributed by atoms with Crippen molar-refractivity contribution in [3.8, 4) is 5.75 Å². The monoisotopic (exact) mass is 446 g/mol. The zero-order valence-electron chi connectivity index (χ0n) is 18.8. The van der Waals surface area contributed by atoms with E-state index in [1.807, 2.05) is 43.0 Å². The van der Waals surface area contributed by atoms with Crippen LogP contribution in [0.25, 0.3) is 0 Å². The highest BCUT2D eigenvalue weighted by atomic mass is 19.1. The van der Waals surface area contributed by atoms with Crippen LogP contribution in [0.2, 0.25) is 0 Å². The molecule has 3 aromatic carbocycles. The summed E-state index contributed by atoms with van der Waals surface area (Å²) in [6.45, 7) is 5.06. The number of hydrogen-bond donors (Lipinski definition) is 1. The molecule has 1 N–H and O–H groups in total. The molecule has 1 aliphatic rings. The maximum Gasteiger partial charge on any atom is 0.258 e. The molecule has 3 aromatic rings. The van der Waals surface area contributed by atoms with Crippen LogP contribution in [0.3, 0.4) is 0 Å². The van der Waals surface area contributed by atoms with Crippen molar-refractivity contribution in [3.63, 3.8) is 0 Å². The van der Waals surface area contributed by atoms with Gasteiger partial charge in [-0.2, -0.15) is 0 Å². The Morgan fingerprint density at radius 1 is 1.09 bits per heavy atom. The summed E-state index contributed by atoms with van der Waals surface area (Å²) in [6.07, 6.45) is 1.81. The van der Waals surface area contributed by atoms with E-state index in [0.717, 1.165) is 29.7 Å². The van der Waals surface area contributed by atoms with Gasteiger partial charge in [-0.3, -0.25) is 9.59 Å². The van der Waals surface area contributed by atoms with Crippen molar-refractivity contribution in [3.05, 3.63) is 94.8 Å². The molecule has 0 spiro atoms. The molecular formula is C27H27FN2O3. The van der Waals surface area contributed by atoms with Gasteiger partial charge < -0.3 is 15.0 Å². The van der Waals surface area contributed by atoms with Crippen molar-refractivity contribution in [2.45, 2.75) is 32.7 Å². The van der Waals surface area contributed by atoms with Crippen molar-refractivity contribution in [2.75, 3.05) is 18.5 Å². The third-order valence-electron chi connectivity index (χ3n) is 5.94. The molecule has 0 aromatic heterocycles. The van der Waals surface area contributed by atoms with E-state index in [0.29, 0.717) is 24.4 Å². The van der Waals surface area contributed by atoms with Crippen LogP contribution in [0.4, 0.5) is 10.1 Å². The molecular weight excluding hydrogens is 419 g/mol. The first-order chi connectivity index (χ1) is 16.0. The second-order valence-electron chi connectivity index (χ2n) is 8.12. The van der Waals surface area contributed by atoms with E-state index in [-0.39, 0.29) is 17.5 Å². The third kappa shape index (κ3) is 4.90. The molecule has 1 unspecified atom stereocenters. The summed E-state index contributed by atoms with van der Waals surface area (Å²) in [5.74, 6) is -0.414. The molecule has 1 fully saturated rings. The lowest BCUT2D eigenvalue weighted by atomic mass is 10.0. The molecule has 2 amide bonds. The van der Waals surface area contributed by atoms with Crippen LogP contribution < -0.4 is 10.1 Å². The van der Waals surface area contributed by atoms with Crippen LogP contribution in [0.15, 0.2) is 66.7 Å². The predicted molar refractivity (Wildman–Crippen MR) is 126 cm³/mol. The number of carbonyl (C=O) groups is 2. The molecule has 1 saturated heterocycles. The van der Waals surface area contributed by atoms with Crippen molar-refractivity contribution in [1.29, 1.82) is 0 Å². The Balaban J connectivity index is 1.54. The van der Waals surface area contributed by atoms with Gasteiger partial charge in [0, 0.05) is 17.8 Å². The van der Waals surface area contributed by atoms with Gasteiger partial charge in [0.25, 0.3) is 11.8 Å². The van der Waals surface area contributed by atoms with Gasteiger partial charge in [0.15, 0.2) is 0 Å². The number of likely N-dealkylation sites (tertiary alicyclic amines) is 1. The molecule has 0 aliphatic carbocycles. The normalized spacial score (nSPS) is 15.4. The van der Waals surface area contributed by atoms with Gasteiger partial charge in [-0.15, -0.1) is 0 Å². The summed E-state index contributed by atoms with van der Waals surface area (Å²) in [6, 6.07) is 18.9. The Bertz CT molecular complexity index is 1160. The van der Waals surface area contributed by atoms with E-state index < -0.39 is 11.7 Å². The minimum atomic E-state index is -0.588. The number of anilines is 1. The lowest BCUT2D eigenvalue weighted by Gasteiger charge is -2.26. The number of hydrogen-bond acceptors (Lipinski definition) is 3.